The summed E-state index contributed by atoms with van der Waals surface area (Å²) in [5.41, 5.74) is 7.47. The van der Waals surface area contributed by atoms with E-state index in [4.69, 9.17) is 5.73 Å². The summed E-state index contributed by atoms with van der Waals surface area (Å²) < 4.78 is 0. The average Bonchev–Trinajstić information content (AvgIpc) is 2.85. The smallest absolute Gasteiger partial charge is 0.251 e. The van der Waals surface area contributed by atoms with Gasteiger partial charge in [0.25, 0.3) is 5.91 Å². The van der Waals surface area contributed by atoms with Gasteiger partial charge in [-0.1, -0.05) is 12.8 Å². The Labute approximate surface area is 113 Å². The van der Waals surface area contributed by atoms with Crippen molar-refractivity contribution in [3.63, 3.8) is 0 Å². The molecule has 1 aromatic rings. The maximum absolute atomic E-state index is 11.8. The van der Waals surface area contributed by atoms with Crippen molar-refractivity contribution in [1.29, 1.82) is 0 Å². The van der Waals surface area contributed by atoms with Gasteiger partial charge < -0.3 is 11.1 Å². The van der Waals surface area contributed by atoms with Crippen molar-refractivity contribution in [2.24, 2.45) is 0 Å². The summed E-state index contributed by atoms with van der Waals surface area (Å²) in [6, 6.07) is 5.55. The molecule has 2 rings (SSSR count). The second kappa shape index (κ2) is 6.14. The quantitative estimate of drug-likeness (QED) is 0.822. The van der Waals surface area contributed by atoms with E-state index in [1.54, 1.807) is 6.07 Å². The van der Waals surface area contributed by atoms with Crippen LogP contribution >= 0.6 is 11.8 Å². The molecule has 1 aliphatic rings. The second-order valence-electron chi connectivity index (χ2n) is 4.64. The summed E-state index contributed by atoms with van der Waals surface area (Å²) in [5.74, 6) is -0.0224. The molecule has 0 saturated heterocycles. The number of anilines is 1. The van der Waals surface area contributed by atoms with Crippen molar-refractivity contribution in [3.8, 4) is 0 Å². The first-order chi connectivity index (χ1) is 8.70. The van der Waals surface area contributed by atoms with E-state index in [1.807, 2.05) is 30.8 Å². The number of nitrogens with two attached hydrogens (primary N) is 1. The van der Waals surface area contributed by atoms with E-state index >= 15 is 0 Å². The molecule has 98 valence electrons. The Bertz CT molecular complexity index is 428. The van der Waals surface area contributed by atoms with Crippen LogP contribution in [0.25, 0.3) is 0 Å². The summed E-state index contributed by atoms with van der Waals surface area (Å²) in [4.78, 5) is 12.8. The fraction of sp³-hybridized carbons (Fsp3) is 0.500. The lowest BCUT2D eigenvalue weighted by molar-refractivity contribution is 0.0955. The summed E-state index contributed by atoms with van der Waals surface area (Å²) in [6.45, 7) is 2.57. The number of rotatable bonds is 4. The molecule has 1 saturated carbocycles. The highest BCUT2D eigenvalue weighted by atomic mass is 32.2. The van der Waals surface area contributed by atoms with Crippen LogP contribution < -0.4 is 11.1 Å². The Hall–Kier alpha value is -1.16. The van der Waals surface area contributed by atoms with E-state index in [0.717, 1.165) is 10.6 Å². The number of hydrogen-bond acceptors (Lipinski definition) is 3. The van der Waals surface area contributed by atoms with E-state index in [9.17, 15) is 4.79 Å². The Morgan fingerprint density at radius 1 is 1.44 bits per heavy atom. The monoisotopic (exact) mass is 264 g/mol. The number of thioether (sulfide) groups is 1. The van der Waals surface area contributed by atoms with Gasteiger partial charge in [-0.05, 0) is 38.0 Å². The molecule has 0 radical (unpaired) electrons. The fourth-order valence-electron chi connectivity index (χ4n) is 2.23. The van der Waals surface area contributed by atoms with Gasteiger partial charge in [-0.15, -0.1) is 11.8 Å². The van der Waals surface area contributed by atoms with Gasteiger partial charge in [0.1, 0.15) is 0 Å². The van der Waals surface area contributed by atoms with Crippen LogP contribution in [-0.4, -0.2) is 17.7 Å². The molecule has 0 spiro atoms. The first-order valence-corrected chi connectivity index (χ1v) is 7.43. The van der Waals surface area contributed by atoms with Gasteiger partial charge >= 0.3 is 0 Å². The molecule has 0 heterocycles. The van der Waals surface area contributed by atoms with Gasteiger partial charge in [0, 0.05) is 27.9 Å². The Kier molecular flexibility index (Phi) is 4.53. The van der Waals surface area contributed by atoms with Gasteiger partial charge in [0.05, 0.1) is 0 Å². The zero-order valence-electron chi connectivity index (χ0n) is 10.7. The van der Waals surface area contributed by atoms with Crippen molar-refractivity contribution in [1.82, 2.24) is 5.32 Å². The summed E-state index contributed by atoms with van der Waals surface area (Å²) in [5, 5.41) is 3.48. The first kappa shape index (κ1) is 13.3. The van der Waals surface area contributed by atoms with Gasteiger partial charge in [-0.25, -0.2) is 0 Å². The number of nitrogen functional groups attached to an aromatic ring is 1. The topological polar surface area (TPSA) is 55.1 Å². The molecule has 0 aliphatic heterocycles. The van der Waals surface area contributed by atoms with Crippen LogP contribution in [0.3, 0.4) is 0 Å². The average molecular weight is 264 g/mol. The minimum Gasteiger partial charge on any atom is -0.398 e. The minimum absolute atomic E-state index is 0.0224. The minimum atomic E-state index is -0.0224. The van der Waals surface area contributed by atoms with E-state index < -0.39 is 0 Å². The molecular formula is C14H20N2OS. The molecule has 18 heavy (non-hydrogen) atoms. The predicted molar refractivity (Wildman–Crippen MR) is 77.0 cm³/mol. The molecule has 4 heteroatoms. The number of carbonyl (C=O) groups is 1. The van der Waals surface area contributed by atoms with Crippen molar-refractivity contribution >= 4 is 23.4 Å². The zero-order chi connectivity index (χ0) is 13.0. The van der Waals surface area contributed by atoms with E-state index in [-0.39, 0.29) is 5.91 Å². The Balaban J connectivity index is 2.12. The van der Waals surface area contributed by atoms with Crippen LogP contribution in [0.2, 0.25) is 0 Å². The van der Waals surface area contributed by atoms with Crippen LogP contribution in [0.5, 0.6) is 0 Å². The SMILES string of the molecule is CCNC(=O)c1ccc(N)c(SC2CCCC2)c1. The normalized spacial score (nSPS) is 15.8. The lowest BCUT2D eigenvalue weighted by Gasteiger charge is -2.12. The van der Waals surface area contributed by atoms with Gasteiger partial charge in [-0.3, -0.25) is 4.79 Å². The molecule has 3 nitrogen and oxygen atoms in total. The molecule has 1 fully saturated rings. The third-order valence-corrected chi connectivity index (χ3v) is 4.62. The molecule has 0 atom stereocenters. The molecular weight excluding hydrogens is 244 g/mol. The lowest BCUT2D eigenvalue weighted by atomic mass is 10.2. The highest BCUT2D eigenvalue weighted by Crippen LogP contribution is 2.37. The zero-order valence-corrected chi connectivity index (χ0v) is 11.6. The van der Waals surface area contributed by atoms with Gasteiger partial charge in [0.2, 0.25) is 0 Å². The number of amides is 1. The third kappa shape index (κ3) is 3.19. The molecule has 1 amide bonds. The second-order valence-corrected chi connectivity index (χ2v) is 5.98. The number of benzene rings is 1. The van der Waals surface area contributed by atoms with E-state index in [2.05, 4.69) is 5.32 Å². The van der Waals surface area contributed by atoms with Crippen molar-refractivity contribution in [2.45, 2.75) is 42.8 Å². The van der Waals surface area contributed by atoms with E-state index in [1.165, 1.54) is 25.7 Å². The Morgan fingerprint density at radius 3 is 2.83 bits per heavy atom. The lowest BCUT2D eigenvalue weighted by Crippen LogP contribution is -2.22. The van der Waals surface area contributed by atoms with Gasteiger partial charge in [-0.2, -0.15) is 0 Å². The maximum atomic E-state index is 11.8. The van der Waals surface area contributed by atoms with Crippen LogP contribution in [0.4, 0.5) is 5.69 Å². The third-order valence-electron chi connectivity index (χ3n) is 3.21. The predicted octanol–water partition coefficient (Wildman–Crippen LogP) is 3.05. The standard InChI is InChI=1S/C14H20N2OS/c1-2-16-14(17)10-7-8-12(15)13(9-10)18-11-5-3-4-6-11/h7-9,11H,2-6,15H2,1H3,(H,16,17). The number of carbonyl (C=O) groups excluding carboxylic acids is 1. The molecule has 1 aliphatic carbocycles. The highest BCUT2D eigenvalue weighted by molar-refractivity contribution is 8.00. The maximum Gasteiger partial charge on any atom is 0.251 e. The van der Waals surface area contributed by atoms with Crippen molar-refractivity contribution in [3.05, 3.63) is 23.8 Å². The molecule has 1 aromatic carbocycles. The van der Waals surface area contributed by atoms with Crippen molar-refractivity contribution < 1.29 is 4.79 Å². The fourth-order valence-corrected chi connectivity index (χ4v) is 3.55. The van der Waals surface area contributed by atoms with Crippen LogP contribution in [0.1, 0.15) is 43.0 Å². The molecule has 0 bridgehead atoms. The summed E-state index contributed by atoms with van der Waals surface area (Å²) in [7, 11) is 0. The summed E-state index contributed by atoms with van der Waals surface area (Å²) in [6.07, 6.45) is 5.14. The van der Waals surface area contributed by atoms with Crippen molar-refractivity contribution in [2.75, 3.05) is 12.3 Å². The van der Waals surface area contributed by atoms with Gasteiger partial charge in [0.15, 0.2) is 0 Å². The van der Waals surface area contributed by atoms with Crippen LogP contribution in [-0.2, 0) is 0 Å². The summed E-state index contributed by atoms with van der Waals surface area (Å²) >= 11 is 1.82. The van der Waals surface area contributed by atoms with E-state index in [0.29, 0.717) is 17.4 Å². The van der Waals surface area contributed by atoms with Crippen LogP contribution in [0, 0.1) is 0 Å². The molecule has 0 unspecified atom stereocenters. The molecule has 3 N–H and O–H groups in total. The number of hydrogen-bond donors (Lipinski definition) is 2. The molecule has 0 aromatic heterocycles. The Morgan fingerprint density at radius 2 is 2.17 bits per heavy atom. The largest absolute Gasteiger partial charge is 0.398 e. The first-order valence-electron chi connectivity index (χ1n) is 6.55. The van der Waals surface area contributed by atoms with Crippen LogP contribution in [0.15, 0.2) is 23.1 Å². The number of nitrogens with one attached hydrogen (secondary N) is 1. The highest BCUT2D eigenvalue weighted by Gasteiger charge is 2.18.